The second kappa shape index (κ2) is 14.0. The van der Waals surface area contributed by atoms with E-state index in [1.807, 2.05) is 0 Å². The zero-order valence-electron chi connectivity index (χ0n) is 21.7. The molecule has 18 heteroatoms. The fourth-order valence-electron chi connectivity index (χ4n) is 4.76. The van der Waals surface area contributed by atoms with Crippen molar-refractivity contribution in [2.75, 3.05) is 19.8 Å². The topological polar surface area (TPSA) is 286 Å². The van der Waals surface area contributed by atoms with Gasteiger partial charge in [-0.2, -0.15) is 0 Å². The third-order valence-electron chi connectivity index (χ3n) is 6.88. The summed E-state index contributed by atoms with van der Waals surface area (Å²) in [6, 6.07) is -2.75. The van der Waals surface area contributed by atoms with Gasteiger partial charge in [-0.1, -0.05) is 0 Å². The second-order valence-electron chi connectivity index (χ2n) is 9.85. The Kier molecular flexibility index (Phi) is 11.5. The third-order valence-corrected chi connectivity index (χ3v) is 6.88. The lowest BCUT2D eigenvalue weighted by Crippen LogP contribution is -2.68. The Morgan fingerprint density at radius 3 is 1.73 bits per heavy atom. The summed E-state index contributed by atoms with van der Waals surface area (Å²) in [6.45, 7) is 0.184. The quantitative estimate of drug-likeness (QED) is 0.120. The average Bonchev–Trinajstić information content (AvgIpc) is 2.90. The minimum absolute atomic E-state index is 0.596. The van der Waals surface area contributed by atoms with Gasteiger partial charge in [0.05, 0.1) is 19.8 Å². The number of ether oxygens (including phenoxy) is 5. The van der Waals surface area contributed by atoms with Gasteiger partial charge < -0.3 is 80.3 Å². The SMILES string of the molecule is CC(=O)N[C@@H]1[C@@H](O[C@H]2O[C@@H](CO)[C@H](O)[C@@H](O)[C@@H]2O)[C@H](O)[C@H](CO[C@H]2O[C@@H](CO)[C@H](O)[C@H](O)[C@H]2NC(C)=O)O[C@@H]1O. The Bertz CT molecular complexity index is 852. The van der Waals surface area contributed by atoms with Crippen molar-refractivity contribution in [3.05, 3.63) is 0 Å². The Morgan fingerprint density at radius 1 is 0.650 bits per heavy atom. The van der Waals surface area contributed by atoms with E-state index in [1.165, 1.54) is 0 Å². The Hall–Kier alpha value is -1.62. The fraction of sp³-hybridized carbons (Fsp3) is 0.909. The molecule has 0 aromatic heterocycles. The van der Waals surface area contributed by atoms with Crippen molar-refractivity contribution in [1.29, 1.82) is 0 Å². The first kappa shape index (κ1) is 32.9. The number of carbonyl (C=O) groups excluding carboxylic acids is 2. The van der Waals surface area contributed by atoms with Crippen LogP contribution in [-0.2, 0) is 33.3 Å². The van der Waals surface area contributed by atoms with Crippen LogP contribution in [0, 0.1) is 0 Å². The van der Waals surface area contributed by atoms with Crippen LogP contribution < -0.4 is 10.6 Å². The molecule has 3 saturated heterocycles. The van der Waals surface area contributed by atoms with E-state index in [2.05, 4.69) is 10.6 Å². The molecule has 3 rings (SSSR count). The number of aliphatic hydroxyl groups excluding tert-OH is 9. The fourth-order valence-corrected chi connectivity index (χ4v) is 4.76. The third kappa shape index (κ3) is 7.23. The van der Waals surface area contributed by atoms with Gasteiger partial charge >= 0.3 is 0 Å². The lowest BCUT2D eigenvalue weighted by atomic mass is 9.95. The smallest absolute Gasteiger partial charge is 0.217 e. The van der Waals surface area contributed by atoms with Crippen LogP contribution in [0.4, 0.5) is 0 Å². The van der Waals surface area contributed by atoms with Crippen molar-refractivity contribution < 1.29 is 79.2 Å². The Labute approximate surface area is 228 Å². The highest BCUT2D eigenvalue weighted by atomic mass is 16.7. The monoisotopic (exact) mass is 586 g/mol. The number of amides is 2. The molecule has 2 amide bonds. The van der Waals surface area contributed by atoms with E-state index < -0.39 is 124 Å². The van der Waals surface area contributed by atoms with Crippen molar-refractivity contribution in [3.63, 3.8) is 0 Å². The number of nitrogens with one attached hydrogen (secondary N) is 2. The van der Waals surface area contributed by atoms with Gasteiger partial charge in [0.1, 0.15) is 73.1 Å². The molecule has 0 bridgehead atoms. The van der Waals surface area contributed by atoms with Crippen LogP contribution in [0.5, 0.6) is 0 Å². The lowest BCUT2D eigenvalue weighted by Gasteiger charge is -2.47. The van der Waals surface area contributed by atoms with E-state index in [9.17, 15) is 55.5 Å². The molecule has 3 aliphatic heterocycles. The summed E-state index contributed by atoms with van der Waals surface area (Å²) >= 11 is 0. The Morgan fingerprint density at radius 2 is 1.18 bits per heavy atom. The molecule has 0 saturated carbocycles. The average molecular weight is 587 g/mol. The normalized spacial score (nSPS) is 46.0. The Balaban J connectivity index is 1.78. The highest BCUT2D eigenvalue weighted by Crippen LogP contribution is 2.30. The first-order chi connectivity index (χ1) is 18.8. The van der Waals surface area contributed by atoms with Gasteiger partial charge in [0, 0.05) is 13.8 Å². The predicted octanol–water partition coefficient (Wildman–Crippen LogP) is -7.29. The molecule has 232 valence electrons. The van der Waals surface area contributed by atoms with Crippen LogP contribution in [0.1, 0.15) is 13.8 Å². The molecule has 0 radical (unpaired) electrons. The summed E-state index contributed by atoms with van der Waals surface area (Å²) in [7, 11) is 0. The summed E-state index contributed by atoms with van der Waals surface area (Å²) < 4.78 is 27.4. The molecule has 3 aliphatic rings. The van der Waals surface area contributed by atoms with Crippen LogP contribution >= 0.6 is 0 Å². The molecule has 0 aromatic rings. The van der Waals surface area contributed by atoms with Crippen molar-refractivity contribution in [3.8, 4) is 0 Å². The number of rotatable bonds is 9. The van der Waals surface area contributed by atoms with E-state index in [-0.39, 0.29) is 0 Å². The maximum absolute atomic E-state index is 11.8. The van der Waals surface area contributed by atoms with Gasteiger partial charge in [-0.15, -0.1) is 0 Å². The molecule has 0 spiro atoms. The first-order valence-corrected chi connectivity index (χ1v) is 12.6. The van der Waals surface area contributed by atoms with Gasteiger partial charge in [0.15, 0.2) is 18.9 Å². The van der Waals surface area contributed by atoms with Crippen LogP contribution in [-0.4, -0.2) is 170 Å². The highest BCUT2D eigenvalue weighted by Gasteiger charge is 2.52. The summed E-state index contributed by atoms with van der Waals surface area (Å²) in [6.07, 6.45) is -21.0. The molecular weight excluding hydrogens is 548 g/mol. The van der Waals surface area contributed by atoms with Crippen molar-refractivity contribution in [1.82, 2.24) is 10.6 Å². The molecule has 3 heterocycles. The van der Waals surface area contributed by atoms with Gasteiger partial charge in [-0.3, -0.25) is 9.59 Å². The van der Waals surface area contributed by atoms with Crippen LogP contribution in [0.2, 0.25) is 0 Å². The summed E-state index contributed by atoms with van der Waals surface area (Å²) in [5.41, 5.74) is 0. The van der Waals surface area contributed by atoms with Crippen molar-refractivity contribution >= 4 is 11.8 Å². The van der Waals surface area contributed by atoms with E-state index in [0.29, 0.717) is 0 Å². The van der Waals surface area contributed by atoms with Gasteiger partial charge in [-0.05, 0) is 0 Å². The molecule has 0 unspecified atom stereocenters. The minimum Gasteiger partial charge on any atom is -0.394 e. The summed E-state index contributed by atoms with van der Waals surface area (Å²) in [5.74, 6) is -1.26. The molecule has 15 atom stereocenters. The molecule has 18 nitrogen and oxygen atoms in total. The number of aliphatic hydroxyl groups is 9. The van der Waals surface area contributed by atoms with Crippen molar-refractivity contribution in [2.45, 2.75) is 106 Å². The first-order valence-electron chi connectivity index (χ1n) is 12.6. The molecule has 3 fully saturated rings. The summed E-state index contributed by atoms with van der Waals surface area (Å²) in [5, 5.41) is 96.3. The van der Waals surface area contributed by atoms with Crippen LogP contribution in [0.25, 0.3) is 0 Å². The van der Waals surface area contributed by atoms with Gasteiger partial charge in [0.25, 0.3) is 0 Å². The molecule has 0 aromatic carbocycles. The number of carbonyl (C=O) groups is 2. The predicted molar refractivity (Wildman–Crippen MR) is 124 cm³/mol. The van der Waals surface area contributed by atoms with E-state index in [1.54, 1.807) is 0 Å². The van der Waals surface area contributed by atoms with Crippen LogP contribution in [0.15, 0.2) is 0 Å². The summed E-state index contributed by atoms with van der Waals surface area (Å²) in [4.78, 5) is 23.4. The minimum atomic E-state index is -1.87. The van der Waals surface area contributed by atoms with Gasteiger partial charge in [0.2, 0.25) is 11.8 Å². The highest BCUT2D eigenvalue weighted by molar-refractivity contribution is 5.73. The number of hydrogen-bond donors (Lipinski definition) is 11. The maximum Gasteiger partial charge on any atom is 0.217 e. The van der Waals surface area contributed by atoms with E-state index >= 15 is 0 Å². The number of hydrogen-bond acceptors (Lipinski definition) is 16. The van der Waals surface area contributed by atoms with E-state index in [4.69, 9.17) is 23.7 Å². The standard InChI is InChI=1S/C22H38N2O16/c1-6(27)23-11-16(32)13(29)8(3-25)38-21(11)36-5-10-15(31)19(12(20(35)37-10)24-7(2)28)40-22-18(34)17(33)14(30)9(4-26)39-22/h8-22,25-26,29-35H,3-5H2,1-2H3,(H,23,27)(H,24,28)/t8-,9-,10-,11+,12+,13-,14-,15+,16+,17+,18-,19+,20-,21-,22+/m0/s1. The molecule has 11 N–H and O–H groups in total. The molecule has 40 heavy (non-hydrogen) atoms. The zero-order chi connectivity index (χ0) is 29.9. The second-order valence-corrected chi connectivity index (χ2v) is 9.85. The lowest BCUT2D eigenvalue weighted by molar-refractivity contribution is -0.345. The van der Waals surface area contributed by atoms with Gasteiger partial charge in [-0.25, -0.2) is 0 Å². The molecular formula is C22H38N2O16. The largest absolute Gasteiger partial charge is 0.394 e. The van der Waals surface area contributed by atoms with E-state index in [0.717, 1.165) is 13.8 Å². The molecule has 0 aliphatic carbocycles. The van der Waals surface area contributed by atoms with Crippen molar-refractivity contribution in [2.24, 2.45) is 0 Å². The zero-order valence-corrected chi connectivity index (χ0v) is 21.7. The van der Waals surface area contributed by atoms with Crippen LogP contribution in [0.3, 0.4) is 0 Å². The maximum atomic E-state index is 11.8.